The topological polar surface area (TPSA) is 89.3 Å². The fourth-order valence-corrected chi connectivity index (χ4v) is 3.29. The molecule has 0 atom stereocenters. The van der Waals surface area contributed by atoms with Crippen LogP contribution in [0.1, 0.15) is 11.1 Å². The van der Waals surface area contributed by atoms with Crippen molar-refractivity contribution in [2.24, 2.45) is 0 Å². The fourth-order valence-electron chi connectivity index (χ4n) is 2.08. The number of nitro groups is 1. The Morgan fingerprint density at radius 1 is 1.05 bits per heavy atom. The second-order valence-electron chi connectivity index (χ2n) is 4.71. The molecule has 6 nitrogen and oxygen atoms in total. The van der Waals surface area contributed by atoms with Crippen LogP contribution in [0.15, 0.2) is 47.4 Å². The highest BCUT2D eigenvalue weighted by Crippen LogP contribution is 2.25. The van der Waals surface area contributed by atoms with E-state index in [4.69, 9.17) is 0 Å². The third kappa shape index (κ3) is 3.38. The molecule has 21 heavy (non-hydrogen) atoms. The lowest BCUT2D eigenvalue weighted by Gasteiger charge is -2.10. The van der Waals surface area contributed by atoms with Crippen LogP contribution in [0.25, 0.3) is 0 Å². The second-order valence-corrected chi connectivity index (χ2v) is 6.36. The number of hydrogen-bond donors (Lipinski definition) is 1. The number of anilines is 1. The number of nitrogens with one attached hydrogen (secondary N) is 1. The van der Waals surface area contributed by atoms with Crippen molar-refractivity contribution in [1.82, 2.24) is 0 Å². The number of rotatable bonds is 4. The van der Waals surface area contributed by atoms with Crippen molar-refractivity contribution < 1.29 is 13.3 Å². The Balaban J connectivity index is 2.46. The van der Waals surface area contributed by atoms with Crippen LogP contribution in [0.5, 0.6) is 0 Å². The Morgan fingerprint density at radius 3 is 2.19 bits per heavy atom. The minimum Gasteiger partial charge on any atom is -0.279 e. The zero-order valence-corrected chi connectivity index (χ0v) is 12.3. The molecular weight excluding hydrogens is 292 g/mol. The molecule has 7 heteroatoms. The molecule has 0 aliphatic rings. The average Bonchev–Trinajstić information content (AvgIpc) is 2.36. The quantitative estimate of drug-likeness (QED) is 0.694. The van der Waals surface area contributed by atoms with E-state index in [0.29, 0.717) is 5.69 Å². The predicted octanol–water partition coefficient (Wildman–Crippen LogP) is 3.01. The second kappa shape index (κ2) is 5.53. The molecule has 0 amide bonds. The lowest BCUT2D eigenvalue weighted by molar-refractivity contribution is -0.387. The van der Waals surface area contributed by atoms with E-state index < -0.39 is 20.6 Å². The summed E-state index contributed by atoms with van der Waals surface area (Å²) in [7, 11) is -4.01. The van der Waals surface area contributed by atoms with E-state index in [1.807, 2.05) is 19.9 Å². The normalized spacial score (nSPS) is 11.1. The first-order valence-corrected chi connectivity index (χ1v) is 7.62. The monoisotopic (exact) mass is 306 g/mol. The van der Waals surface area contributed by atoms with Crippen molar-refractivity contribution >= 4 is 21.4 Å². The first kappa shape index (κ1) is 15.0. The fraction of sp³-hybridized carbons (Fsp3) is 0.143. The van der Waals surface area contributed by atoms with Crippen LogP contribution >= 0.6 is 0 Å². The third-order valence-corrected chi connectivity index (χ3v) is 4.25. The molecule has 0 saturated carbocycles. The van der Waals surface area contributed by atoms with E-state index in [1.54, 1.807) is 12.1 Å². The van der Waals surface area contributed by atoms with Gasteiger partial charge in [0.2, 0.25) is 0 Å². The maximum atomic E-state index is 12.3. The van der Waals surface area contributed by atoms with Gasteiger partial charge in [0.1, 0.15) is 0 Å². The van der Waals surface area contributed by atoms with Crippen molar-refractivity contribution in [2.75, 3.05) is 4.72 Å². The van der Waals surface area contributed by atoms with E-state index in [1.165, 1.54) is 18.2 Å². The summed E-state index contributed by atoms with van der Waals surface area (Å²) < 4.78 is 27.0. The molecule has 2 aromatic rings. The van der Waals surface area contributed by atoms with E-state index in [9.17, 15) is 18.5 Å². The van der Waals surface area contributed by atoms with Gasteiger partial charge < -0.3 is 0 Å². The van der Waals surface area contributed by atoms with E-state index in [2.05, 4.69) is 4.72 Å². The Hall–Kier alpha value is -2.41. The number of aryl methyl sites for hydroxylation is 2. The molecule has 0 unspecified atom stereocenters. The summed E-state index contributed by atoms with van der Waals surface area (Å²) in [5.74, 6) is 0. The zero-order valence-electron chi connectivity index (χ0n) is 11.5. The SMILES string of the molecule is Cc1cc(C)cc(NS(=O)(=O)c2ccccc2[N+](=O)[O-])c1. The summed E-state index contributed by atoms with van der Waals surface area (Å²) >= 11 is 0. The van der Waals surface area contributed by atoms with Gasteiger partial charge in [0.05, 0.1) is 4.92 Å². The molecule has 0 radical (unpaired) electrons. The first-order valence-electron chi connectivity index (χ1n) is 6.14. The number of benzene rings is 2. The molecule has 0 saturated heterocycles. The maximum Gasteiger partial charge on any atom is 0.289 e. The number of nitro benzene ring substituents is 1. The van der Waals surface area contributed by atoms with Gasteiger partial charge in [-0.15, -0.1) is 0 Å². The number of para-hydroxylation sites is 1. The lowest BCUT2D eigenvalue weighted by Crippen LogP contribution is -2.14. The van der Waals surface area contributed by atoms with Gasteiger partial charge in [-0.05, 0) is 43.2 Å². The molecule has 0 bridgehead atoms. The Bertz CT molecular complexity index is 780. The molecule has 2 aromatic carbocycles. The Labute approximate surface area is 122 Å². The number of hydrogen-bond acceptors (Lipinski definition) is 4. The number of sulfonamides is 1. The van der Waals surface area contributed by atoms with E-state index in [-0.39, 0.29) is 4.90 Å². The average molecular weight is 306 g/mol. The minimum absolute atomic E-state index is 0.353. The summed E-state index contributed by atoms with van der Waals surface area (Å²) in [4.78, 5) is 9.88. The van der Waals surface area contributed by atoms with Gasteiger partial charge in [0.25, 0.3) is 15.7 Å². The van der Waals surface area contributed by atoms with Gasteiger partial charge in [-0.25, -0.2) is 8.42 Å². The smallest absolute Gasteiger partial charge is 0.279 e. The third-order valence-electron chi connectivity index (χ3n) is 2.83. The van der Waals surface area contributed by atoms with Crippen molar-refractivity contribution in [2.45, 2.75) is 18.7 Å². The van der Waals surface area contributed by atoms with E-state index >= 15 is 0 Å². The number of nitrogens with zero attached hydrogens (tertiary/aromatic N) is 1. The highest BCUT2D eigenvalue weighted by molar-refractivity contribution is 7.92. The summed E-state index contributed by atoms with van der Waals surface area (Å²) in [6, 6.07) is 10.5. The van der Waals surface area contributed by atoms with Crippen molar-refractivity contribution in [3.63, 3.8) is 0 Å². The highest BCUT2D eigenvalue weighted by atomic mass is 32.2. The molecule has 0 spiro atoms. The van der Waals surface area contributed by atoms with Gasteiger partial charge >= 0.3 is 0 Å². The predicted molar refractivity (Wildman–Crippen MR) is 79.8 cm³/mol. The van der Waals surface area contributed by atoms with Crippen LogP contribution in [0.2, 0.25) is 0 Å². The zero-order chi connectivity index (χ0) is 15.6. The Morgan fingerprint density at radius 2 is 1.62 bits per heavy atom. The molecule has 110 valence electrons. The van der Waals surface area contributed by atoms with Gasteiger partial charge in [0.15, 0.2) is 4.90 Å². The van der Waals surface area contributed by atoms with Crippen LogP contribution in [-0.2, 0) is 10.0 Å². The molecule has 0 aliphatic carbocycles. The first-order chi connectivity index (χ1) is 9.79. The summed E-state index contributed by atoms with van der Waals surface area (Å²) in [5, 5.41) is 10.9. The lowest BCUT2D eigenvalue weighted by atomic mass is 10.1. The van der Waals surface area contributed by atoms with E-state index in [0.717, 1.165) is 17.2 Å². The molecule has 0 fully saturated rings. The van der Waals surface area contributed by atoms with Crippen LogP contribution in [0.4, 0.5) is 11.4 Å². The van der Waals surface area contributed by atoms with Crippen LogP contribution in [0, 0.1) is 24.0 Å². The van der Waals surface area contributed by atoms with Crippen LogP contribution < -0.4 is 4.72 Å². The van der Waals surface area contributed by atoms with Crippen LogP contribution in [0.3, 0.4) is 0 Å². The maximum absolute atomic E-state index is 12.3. The Kier molecular flexibility index (Phi) is 3.95. The summed E-state index contributed by atoms with van der Waals surface area (Å²) in [6.45, 7) is 3.69. The van der Waals surface area contributed by atoms with Crippen LogP contribution in [-0.4, -0.2) is 13.3 Å². The van der Waals surface area contributed by atoms with Gasteiger partial charge in [-0.2, -0.15) is 0 Å². The molecule has 0 aromatic heterocycles. The molecule has 2 rings (SSSR count). The molecule has 1 N–H and O–H groups in total. The van der Waals surface area contributed by atoms with Gasteiger partial charge in [0, 0.05) is 11.8 Å². The van der Waals surface area contributed by atoms with Crippen molar-refractivity contribution in [3.8, 4) is 0 Å². The van der Waals surface area contributed by atoms with Crippen molar-refractivity contribution in [1.29, 1.82) is 0 Å². The molecule has 0 aliphatic heterocycles. The highest BCUT2D eigenvalue weighted by Gasteiger charge is 2.25. The standard InChI is InChI=1S/C14H14N2O4S/c1-10-7-11(2)9-12(8-10)15-21(19,20)14-6-4-3-5-13(14)16(17)18/h3-9,15H,1-2H3. The minimum atomic E-state index is -4.01. The molecule has 0 heterocycles. The van der Waals surface area contributed by atoms with Crippen molar-refractivity contribution in [3.05, 3.63) is 63.7 Å². The van der Waals surface area contributed by atoms with Gasteiger partial charge in [-0.1, -0.05) is 18.2 Å². The van der Waals surface area contributed by atoms with Gasteiger partial charge in [-0.3, -0.25) is 14.8 Å². The summed E-state index contributed by atoms with van der Waals surface area (Å²) in [6.07, 6.45) is 0. The molecular formula is C14H14N2O4S. The summed E-state index contributed by atoms with van der Waals surface area (Å²) in [5.41, 5.74) is 1.73. The largest absolute Gasteiger partial charge is 0.289 e.